The predicted octanol–water partition coefficient (Wildman–Crippen LogP) is 4.12. The minimum atomic E-state index is -0.154. The number of hydrogen-bond acceptors (Lipinski definition) is 5. The minimum absolute atomic E-state index is 0.0462. The minimum Gasteiger partial charge on any atom is -0.493 e. The topological polar surface area (TPSA) is 53.8 Å². The molecule has 196 valence electrons. The van der Waals surface area contributed by atoms with Gasteiger partial charge in [-0.2, -0.15) is 5.10 Å². The van der Waals surface area contributed by atoms with Crippen molar-refractivity contribution in [2.75, 3.05) is 50.8 Å². The summed E-state index contributed by atoms with van der Waals surface area (Å²) in [5.74, 6) is 1.07. The number of anilines is 1. The van der Waals surface area contributed by atoms with E-state index in [9.17, 15) is 9.18 Å². The summed E-state index contributed by atoms with van der Waals surface area (Å²) in [6, 6.07) is 17.2. The summed E-state index contributed by atoms with van der Waals surface area (Å²) in [7, 11) is 1.82. The maximum absolute atomic E-state index is 14.1. The number of hydrogen-bond donors (Lipinski definition) is 0. The van der Waals surface area contributed by atoms with E-state index >= 15 is 0 Å². The molecule has 0 radical (unpaired) electrons. The number of piperidine rings is 1. The van der Waals surface area contributed by atoms with Crippen molar-refractivity contribution in [3.8, 4) is 5.75 Å². The highest BCUT2D eigenvalue weighted by Crippen LogP contribution is 2.23. The summed E-state index contributed by atoms with van der Waals surface area (Å²) in [4.78, 5) is 19.5. The molecule has 3 aromatic rings. The van der Waals surface area contributed by atoms with Crippen LogP contribution in [-0.4, -0.2) is 71.4 Å². The van der Waals surface area contributed by atoms with Crippen LogP contribution >= 0.6 is 0 Å². The normalized spacial score (nSPS) is 18.7. The van der Waals surface area contributed by atoms with Crippen LogP contribution in [0.3, 0.4) is 0 Å². The van der Waals surface area contributed by atoms with Crippen LogP contribution in [0.1, 0.15) is 34.6 Å². The Morgan fingerprint density at radius 3 is 2.62 bits per heavy atom. The van der Waals surface area contributed by atoms with Crippen molar-refractivity contribution in [1.82, 2.24) is 19.6 Å². The number of rotatable bonds is 7. The molecule has 5 rings (SSSR count). The first-order valence-corrected chi connectivity index (χ1v) is 13.2. The fourth-order valence-electron chi connectivity index (χ4n) is 5.42. The van der Waals surface area contributed by atoms with E-state index in [4.69, 9.17) is 4.74 Å². The number of aryl methyl sites for hydroxylation is 2. The SMILES string of the molecule is Cc1cc(C(=O)N2CCC[C@@H](COc3cccc(CN4CCN(c5ccccc5F)CC4)c3)C2)n(C)n1. The number of piperazine rings is 1. The van der Waals surface area contributed by atoms with Gasteiger partial charge in [-0.05, 0) is 55.7 Å². The van der Waals surface area contributed by atoms with Crippen LogP contribution in [0.15, 0.2) is 54.6 Å². The molecule has 0 saturated carbocycles. The van der Waals surface area contributed by atoms with Crippen molar-refractivity contribution in [2.24, 2.45) is 13.0 Å². The molecule has 2 aromatic carbocycles. The number of para-hydroxylation sites is 1. The standard InChI is InChI=1S/C29H36FN5O2/c1-22-17-28(32(2)31-22)29(36)35-12-6-8-24(20-35)21-37-25-9-5-7-23(18-25)19-33-13-15-34(16-14-33)27-11-4-3-10-26(27)30/h3-5,7,9-11,17-18,24H,6,8,12-16,19-21H2,1-2H3/t24-/m1/s1. The summed E-state index contributed by atoms with van der Waals surface area (Å²) < 4.78 is 22.0. The van der Waals surface area contributed by atoms with Crippen LogP contribution in [0, 0.1) is 18.7 Å². The number of benzene rings is 2. The molecule has 2 aliphatic rings. The van der Waals surface area contributed by atoms with Crippen LogP contribution in [-0.2, 0) is 13.6 Å². The van der Waals surface area contributed by atoms with Gasteiger partial charge < -0.3 is 14.5 Å². The Morgan fingerprint density at radius 1 is 1.05 bits per heavy atom. The molecule has 0 spiro atoms. The molecule has 2 saturated heterocycles. The number of amides is 1. The molecule has 37 heavy (non-hydrogen) atoms. The highest BCUT2D eigenvalue weighted by atomic mass is 19.1. The van der Waals surface area contributed by atoms with Gasteiger partial charge in [-0.15, -0.1) is 0 Å². The molecule has 8 heteroatoms. The number of halogens is 1. The lowest BCUT2D eigenvalue weighted by Crippen LogP contribution is -2.46. The summed E-state index contributed by atoms with van der Waals surface area (Å²) >= 11 is 0. The molecule has 1 amide bonds. The second-order valence-corrected chi connectivity index (χ2v) is 10.2. The summed E-state index contributed by atoms with van der Waals surface area (Å²) in [6.45, 7) is 8.23. The van der Waals surface area contributed by atoms with Crippen molar-refractivity contribution in [3.63, 3.8) is 0 Å². The Hall–Kier alpha value is -3.39. The first kappa shape index (κ1) is 25.3. The first-order chi connectivity index (χ1) is 18.0. The maximum atomic E-state index is 14.1. The summed E-state index contributed by atoms with van der Waals surface area (Å²) in [6.07, 6.45) is 2.04. The molecule has 0 bridgehead atoms. The number of likely N-dealkylation sites (tertiary alicyclic amines) is 1. The average Bonchev–Trinajstić information content (AvgIpc) is 3.26. The molecule has 2 fully saturated rings. The van der Waals surface area contributed by atoms with Crippen molar-refractivity contribution < 1.29 is 13.9 Å². The molecule has 0 unspecified atom stereocenters. The van der Waals surface area contributed by atoms with Gasteiger partial charge in [0.05, 0.1) is 18.0 Å². The fraction of sp³-hybridized carbons (Fsp3) is 0.448. The monoisotopic (exact) mass is 505 g/mol. The molecular formula is C29H36FN5O2. The van der Waals surface area contributed by atoms with Gasteiger partial charge in [0.25, 0.3) is 5.91 Å². The average molecular weight is 506 g/mol. The molecule has 3 heterocycles. The molecule has 1 aromatic heterocycles. The largest absolute Gasteiger partial charge is 0.493 e. The van der Waals surface area contributed by atoms with E-state index in [0.29, 0.717) is 30.5 Å². The maximum Gasteiger partial charge on any atom is 0.272 e. The summed E-state index contributed by atoms with van der Waals surface area (Å²) in [5, 5.41) is 4.32. The van der Waals surface area contributed by atoms with Crippen molar-refractivity contribution in [1.29, 1.82) is 0 Å². The highest BCUT2D eigenvalue weighted by Gasteiger charge is 2.27. The van der Waals surface area contributed by atoms with Gasteiger partial charge in [-0.3, -0.25) is 14.4 Å². The van der Waals surface area contributed by atoms with Gasteiger partial charge in [0.1, 0.15) is 17.3 Å². The highest BCUT2D eigenvalue weighted by molar-refractivity contribution is 5.92. The zero-order chi connectivity index (χ0) is 25.8. The lowest BCUT2D eigenvalue weighted by atomic mass is 9.98. The number of aromatic nitrogens is 2. The van der Waals surface area contributed by atoms with E-state index in [-0.39, 0.29) is 11.7 Å². The second-order valence-electron chi connectivity index (χ2n) is 10.2. The molecule has 7 nitrogen and oxygen atoms in total. The molecule has 1 atom stereocenters. The van der Waals surface area contributed by atoms with Crippen molar-refractivity contribution in [3.05, 3.63) is 77.4 Å². The Kier molecular flexibility index (Phi) is 7.74. The quantitative estimate of drug-likeness (QED) is 0.484. The number of ether oxygens (including phenoxy) is 1. The van der Waals surface area contributed by atoms with Gasteiger partial charge in [0.2, 0.25) is 0 Å². The first-order valence-electron chi connectivity index (χ1n) is 13.2. The molecule has 0 aliphatic carbocycles. The van der Waals surface area contributed by atoms with Gasteiger partial charge in [-0.25, -0.2) is 4.39 Å². The third-order valence-corrected chi connectivity index (χ3v) is 7.38. The third kappa shape index (κ3) is 6.13. The Balaban J connectivity index is 1.11. The fourth-order valence-corrected chi connectivity index (χ4v) is 5.42. The lowest BCUT2D eigenvalue weighted by molar-refractivity contribution is 0.0622. The number of nitrogens with zero attached hydrogens (tertiary/aromatic N) is 5. The van der Waals surface area contributed by atoms with Crippen LogP contribution in [0.5, 0.6) is 5.75 Å². The number of carbonyl (C=O) groups is 1. The predicted molar refractivity (Wildman–Crippen MR) is 142 cm³/mol. The lowest BCUT2D eigenvalue weighted by Gasteiger charge is -2.36. The van der Waals surface area contributed by atoms with Gasteiger partial charge in [0, 0.05) is 58.8 Å². The van der Waals surface area contributed by atoms with Crippen molar-refractivity contribution in [2.45, 2.75) is 26.3 Å². The van der Waals surface area contributed by atoms with Crippen LogP contribution in [0.4, 0.5) is 10.1 Å². The second kappa shape index (κ2) is 11.3. The number of carbonyl (C=O) groups excluding carboxylic acids is 1. The van der Waals surface area contributed by atoms with Crippen molar-refractivity contribution >= 4 is 11.6 Å². The van der Waals surface area contributed by atoms with E-state index in [0.717, 1.165) is 63.6 Å². The summed E-state index contributed by atoms with van der Waals surface area (Å²) in [5.41, 5.74) is 3.40. The molecule has 2 aliphatic heterocycles. The van der Waals surface area contributed by atoms with E-state index in [1.807, 2.05) is 49.2 Å². The zero-order valence-electron chi connectivity index (χ0n) is 21.8. The molecule has 0 N–H and O–H groups in total. The van der Waals surface area contributed by atoms with Crippen LogP contribution < -0.4 is 9.64 Å². The van der Waals surface area contributed by atoms with Gasteiger partial charge in [-0.1, -0.05) is 24.3 Å². The van der Waals surface area contributed by atoms with E-state index < -0.39 is 0 Å². The Morgan fingerprint density at radius 2 is 1.86 bits per heavy atom. The smallest absolute Gasteiger partial charge is 0.272 e. The Bertz CT molecular complexity index is 1220. The molecular weight excluding hydrogens is 469 g/mol. The van der Waals surface area contributed by atoms with Gasteiger partial charge >= 0.3 is 0 Å². The van der Waals surface area contributed by atoms with E-state index in [1.165, 1.54) is 11.6 Å². The third-order valence-electron chi connectivity index (χ3n) is 7.38. The van der Waals surface area contributed by atoms with Gasteiger partial charge in [0.15, 0.2) is 0 Å². The van der Waals surface area contributed by atoms with E-state index in [2.05, 4.69) is 27.0 Å². The Labute approximate surface area is 218 Å². The van der Waals surface area contributed by atoms with Crippen LogP contribution in [0.2, 0.25) is 0 Å². The van der Waals surface area contributed by atoms with Crippen LogP contribution in [0.25, 0.3) is 0 Å². The van der Waals surface area contributed by atoms with E-state index in [1.54, 1.807) is 10.7 Å². The zero-order valence-corrected chi connectivity index (χ0v) is 21.8.